The fraction of sp³-hybridized carbons (Fsp3) is 0.435. The number of benzene rings is 1. The molecule has 1 unspecified atom stereocenters. The van der Waals surface area contributed by atoms with E-state index in [0.29, 0.717) is 13.0 Å². The van der Waals surface area contributed by atoms with Crippen molar-refractivity contribution >= 4 is 22.6 Å². The lowest BCUT2D eigenvalue weighted by Gasteiger charge is -2.26. The number of hydrogen-bond acceptors (Lipinski definition) is 5. The molecule has 1 amide bonds. The number of carbonyl (C=O) groups is 1. The summed E-state index contributed by atoms with van der Waals surface area (Å²) >= 11 is 0. The number of aromatic amines is 1. The maximum atomic E-state index is 13.0. The molecule has 156 valence electrons. The van der Waals surface area contributed by atoms with Crippen LogP contribution >= 0.6 is 0 Å². The van der Waals surface area contributed by atoms with Crippen LogP contribution in [0.5, 0.6) is 0 Å². The summed E-state index contributed by atoms with van der Waals surface area (Å²) in [5, 5.41) is 4.39. The number of likely N-dealkylation sites (tertiary alicyclic amines) is 1. The zero-order valence-corrected chi connectivity index (χ0v) is 17.6. The number of hydrogen-bond donors (Lipinski definition) is 2. The van der Waals surface area contributed by atoms with E-state index < -0.39 is 0 Å². The molecule has 0 radical (unpaired) electrons. The van der Waals surface area contributed by atoms with Crippen molar-refractivity contribution in [2.45, 2.75) is 31.7 Å². The van der Waals surface area contributed by atoms with E-state index in [4.69, 9.17) is 9.97 Å². The Kier molecular flexibility index (Phi) is 4.90. The zero-order valence-electron chi connectivity index (χ0n) is 17.6. The van der Waals surface area contributed by atoms with Gasteiger partial charge in [0.15, 0.2) is 0 Å². The van der Waals surface area contributed by atoms with Crippen LogP contribution in [-0.4, -0.2) is 64.4 Å². The fourth-order valence-electron chi connectivity index (χ4n) is 4.71. The maximum absolute atomic E-state index is 13.0. The van der Waals surface area contributed by atoms with Crippen molar-refractivity contribution in [2.75, 3.05) is 39.0 Å². The molecular formula is C23H28N6O. The number of H-pyrrole nitrogens is 1. The summed E-state index contributed by atoms with van der Waals surface area (Å²) in [7, 11) is 4.05. The third-order valence-corrected chi connectivity index (χ3v) is 6.43. The minimum Gasteiger partial charge on any atom is -0.373 e. The molecule has 7 nitrogen and oxygen atoms in total. The molecule has 1 saturated heterocycles. The second kappa shape index (κ2) is 7.72. The van der Waals surface area contributed by atoms with Crippen LogP contribution in [0.1, 0.15) is 35.0 Å². The van der Waals surface area contributed by atoms with E-state index in [9.17, 15) is 4.79 Å². The Balaban J connectivity index is 1.31. The molecule has 0 spiro atoms. The summed E-state index contributed by atoms with van der Waals surface area (Å²) in [5.41, 5.74) is 4.50. The van der Waals surface area contributed by atoms with Gasteiger partial charge < -0.3 is 20.1 Å². The number of aromatic nitrogens is 3. The monoisotopic (exact) mass is 404 g/mol. The molecule has 4 heterocycles. The van der Waals surface area contributed by atoms with E-state index in [-0.39, 0.29) is 11.8 Å². The van der Waals surface area contributed by atoms with Gasteiger partial charge in [-0.15, -0.1) is 0 Å². The number of nitrogens with one attached hydrogen (secondary N) is 2. The molecule has 2 aliphatic heterocycles. The summed E-state index contributed by atoms with van der Waals surface area (Å²) in [6.07, 6.45) is 4.25. The first-order valence-corrected chi connectivity index (χ1v) is 10.7. The molecule has 3 aromatic rings. The van der Waals surface area contributed by atoms with Gasteiger partial charge in [0.1, 0.15) is 11.6 Å². The van der Waals surface area contributed by atoms with E-state index in [2.05, 4.69) is 28.3 Å². The van der Waals surface area contributed by atoms with Gasteiger partial charge in [0, 0.05) is 68.2 Å². The molecule has 2 aromatic heterocycles. The quantitative estimate of drug-likeness (QED) is 0.699. The van der Waals surface area contributed by atoms with Crippen LogP contribution in [0.3, 0.4) is 0 Å². The predicted octanol–water partition coefficient (Wildman–Crippen LogP) is 2.55. The van der Waals surface area contributed by atoms with Gasteiger partial charge >= 0.3 is 0 Å². The second-order valence-corrected chi connectivity index (χ2v) is 8.46. The summed E-state index contributed by atoms with van der Waals surface area (Å²) in [6, 6.07) is 8.13. The molecule has 0 saturated carbocycles. The third-order valence-electron chi connectivity index (χ3n) is 6.43. The molecule has 5 rings (SSSR count). The highest BCUT2D eigenvalue weighted by atomic mass is 16.2. The van der Waals surface area contributed by atoms with Gasteiger partial charge in [0.05, 0.1) is 12.1 Å². The minimum absolute atomic E-state index is 0.177. The van der Waals surface area contributed by atoms with Gasteiger partial charge in [0.25, 0.3) is 0 Å². The van der Waals surface area contributed by atoms with Gasteiger partial charge in [-0.05, 0) is 25.1 Å². The first-order chi connectivity index (χ1) is 14.6. The van der Waals surface area contributed by atoms with Crippen LogP contribution in [0.15, 0.2) is 30.5 Å². The van der Waals surface area contributed by atoms with Gasteiger partial charge in [0.2, 0.25) is 5.91 Å². The molecule has 0 bridgehead atoms. The third kappa shape index (κ3) is 3.43. The largest absolute Gasteiger partial charge is 0.373 e. The highest BCUT2D eigenvalue weighted by molar-refractivity contribution is 5.89. The number of rotatable bonds is 4. The number of para-hydroxylation sites is 1. The lowest BCUT2D eigenvalue weighted by Crippen LogP contribution is -2.31. The molecule has 0 aliphatic carbocycles. The van der Waals surface area contributed by atoms with Gasteiger partial charge in [-0.3, -0.25) is 4.79 Å². The normalized spacial score (nSPS) is 19.3. The Hall–Kier alpha value is -2.93. The average molecular weight is 405 g/mol. The van der Waals surface area contributed by atoms with Crippen LogP contribution in [0.2, 0.25) is 0 Å². The number of nitrogens with zero attached hydrogens (tertiary/aromatic N) is 4. The highest BCUT2D eigenvalue weighted by Crippen LogP contribution is 2.30. The highest BCUT2D eigenvalue weighted by Gasteiger charge is 2.31. The second-order valence-electron chi connectivity index (χ2n) is 8.46. The van der Waals surface area contributed by atoms with Crippen molar-refractivity contribution in [1.82, 2.24) is 24.8 Å². The van der Waals surface area contributed by atoms with E-state index >= 15 is 0 Å². The van der Waals surface area contributed by atoms with Crippen LogP contribution < -0.4 is 5.32 Å². The summed E-state index contributed by atoms with van der Waals surface area (Å²) < 4.78 is 0. The van der Waals surface area contributed by atoms with Gasteiger partial charge in [-0.25, -0.2) is 9.97 Å². The van der Waals surface area contributed by atoms with E-state index in [1.807, 2.05) is 36.3 Å². The van der Waals surface area contributed by atoms with E-state index in [1.165, 1.54) is 5.56 Å². The Morgan fingerprint density at radius 3 is 3.00 bits per heavy atom. The average Bonchev–Trinajstić information content (AvgIpc) is 3.41. The van der Waals surface area contributed by atoms with Crippen molar-refractivity contribution in [1.29, 1.82) is 0 Å². The SMILES string of the molecule is CNc1nc(C2CCN(C(=O)Cc3c[nH]c4ccccc34)C2)nc2c1CN(C)CC2. The predicted molar refractivity (Wildman–Crippen MR) is 118 cm³/mol. The minimum atomic E-state index is 0.177. The molecule has 1 aromatic carbocycles. The van der Waals surface area contributed by atoms with Crippen molar-refractivity contribution in [3.8, 4) is 0 Å². The first kappa shape index (κ1) is 19.1. The number of likely N-dealkylation sites (N-methyl/N-ethyl adjacent to an activating group) is 1. The standard InChI is InChI=1S/C23H28N6O/c1-24-23-18-14-28(2)9-8-20(18)26-22(27-23)15-7-10-29(13-15)21(30)11-16-12-25-19-6-4-3-5-17(16)19/h3-6,12,15,25H,7-11,13-14H2,1-2H3,(H,24,26,27). The van der Waals surface area contributed by atoms with Gasteiger partial charge in [-0.1, -0.05) is 18.2 Å². The van der Waals surface area contributed by atoms with Crippen LogP contribution in [-0.2, 0) is 24.2 Å². The Bertz CT molecular complexity index is 1070. The van der Waals surface area contributed by atoms with Crippen LogP contribution in [0, 0.1) is 0 Å². The van der Waals surface area contributed by atoms with Crippen molar-refractivity contribution in [3.05, 3.63) is 53.1 Å². The molecule has 2 N–H and O–H groups in total. The van der Waals surface area contributed by atoms with E-state index in [1.54, 1.807) is 0 Å². The number of amides is 1. The first-order valence-electron chi connectivity index (χ1n) is 10.7. The molecule has 2 aliphatic rings. The van der Waals surface area contributed by atoms with E-state index in [0.717, 1.165) is 66.3 Å². The molecule has 7 heteroatoms. The Labute approximate surface area is 176 Å². The number of fused-ring (bicyclic) bond motifs is 2. The van der Waals surface area contributed by atoms with Crippen LogP contribution in [0.25, 0.3) is 10.9 Å². The fourth-order valence-corrected chi connectivity index (χ4v) is 4.71. The maximum Gasteiger partial charge on any atom is 0.227 e. The molecule has 1 atom stereocenters. The summed E-state index contributed by atoms with van der Waals surface area (Å²) in [5.74, 6) is 2.19. The lowest BCUT2D eigenvalue weighted by molar-refractivity contribution is -0.129. The smallest absolute Gasteiger partial charge is 0.227 e. The number of anilines is 1. The Morgan fingerprint density at radius 2 is 2.13 bits per heavy atom. The van der Waals surface area contributed by atoms with Gasteiger partial charge in [-0.2, -0.15) is 0 Å². The topological polar surface area (TPSA) is 77.1 Å². The zero-order chi connectivity index (χ0) is 20.7. The summed E-state index contributed by atoms with van der Waals surface area (Å²) in [6.45, 7) is 3.37. The summed E-state index contributed by atoms with van der Waals surface area (Å²) in [4.78, 5) is 30.3. The van der Waals surface area contributed by atoms with Crippen molar-refractivity contribution in [2.24, 2.45) is 0 Å². The van der Waals surface area contributed by atoms with Crippen molar-refractivity contribution in [3.63, 3.8) is 0 Å². The lowest BCUT2D eigenvalue weighted by atomic mass is 10.0. The Morgan fingerprint density at radius 1 is 1.27 bits per heavy atom. The number of carbonyl (C=O) groups excluding carboxylic acids is 1. The molecular weight excluding hydrogens is 376 g/mol. The van der Waals surface area contributed by atoms with Crippen molar-refractivity contribution < 1.29 is 4.79 Å². The molecule has 1 fully saturated rings. The molecule has 30 heavy (non-hydrogen) atoms. The van der Waals surface area contributed by atoms with Crippen LogP contribution in [0.4, 0.5) is 5.82 Å².